The van der Waals surface area contributed by atoms with Crippen LogP contribution in [0.5, 0.6) is 0 Å². The van der Waals surface area contributed by atoms with Gasteiger partial charge in [0.2, 0.25) is 5.91 Å². The number of nitrogens with one attached hydrogen (secondary N) is 1. The molecule has 104 valence electrons. The van der Waals surface area contributed by atoms with Gasteiger partial charge in [-0.1, -0.05) is 32.0 Å². The van der Waals surface area contributed by atoms with Gasteiger partial charge in [-0.2, -0.15) is 0 Å². The van der Waals surface area contributed by atoms with Crippen molar-refractivity contribution < 1.29 is 4.79 Å². The molecule has 2 atom stereocenters. The highest BCUT2D eigenvalue weighted by Crippen LogP contribution is 2.36. The van der Waals surface area contributed by atoms with E-state index in [1.807, 2.05) is 12.1 Å². The van der Waals surface area contributed by atoms with E-state index in [9.17, 15) is 4.79 Å². The van der Waals surface area contributed by atoms with Crippen molar-refractivity contribution in [1.29, 1.82) is 0 Å². The molecule has 3 heteroatoms. The Morgan fingerprint density at radius 3 is 2.74 bits per heavy atom. The third-order valence-corrected chi connectivity index (χ3v) is 4.82. The first-order chi connectivity index (χ1) is 9.06. The lowest BCUT2D eigenvalue weighted by Gasteiger charge is -2.17. The smallest absolute Gasteiger partial charge is 0.234 e. The number of hydrogen-bond acceptors (Lipinski definition) is 2. The quantitative estimate of drug-likeness (QED) is 0.890. The molecule has 1 aromatic carbocycles. The van der Waals surface area contributed by atoms with Crippen LogP contribution >= 0.6 is 11.8 Å². The van der Waals surface area contributed by atoms with Crippen molar-refractivity contribution >= 4 is 17.7 Å². The molecule has 1 aromatic rings. The van der Waals surface area contributed by atoms with E-state index in [-0.39, 0.29) is 17.2 Å². The Labute approximate surface area is 120 Å². The van der Waals surface area contributed by atoms with Crippen LogP contribution in [0.3, 0.4) is 0 Å². The zero-order chi connectivity index (χ0) is 13.8. The van der Waals surface area contributed by atoms with Crippen molar-refractivity contribution in [2.24, 2.45) is 5.92 Å². The van der Waals surface area contributed by atoms with E-state index in [4.69, 9.17) is 0 Å². The van der Waals surface area contributed by atoms with E-state index in [0.29, 0.717) is 5.92 Å². The minimum absolute atomic E-state index is 0.0545. The summed E-state index contributed by atoms with van der Waals surface area (Å²) in [6.45, 7) is 6.54. The standard InChI is InChI=1S/C16H23NOS/c1-11(2)8-9-12(3)17-16(18)15-10-13-6-4-5-7-14(13)19-15/h4-7,11-12,15H,8-10H2,1-3H3,(H,17,18). The zero-order valence-corrected chi connectivity index (χ0v) is 12.8. The topological polar surface area (TPSA) is 29.1 Å². The number of carbonyl (C=O) groups is 1. The van der Waals surface area contributed by atoms with Crippen LogP contribution in [0.25, 0.3) is 0 Å². The largest absolute Gasteiger partial charge is 0.353 e. The molecule has 0 aromatic heterocycles. The molecule has 1 aliphatic rings. The summed E-state index contributed by atoms with van der Waals surface area (Å²) in [5.41, 5.74) is 1.31. The highest BCUT2D eigenvalue weighted by molar-refractivity contribution is 8.01. The highest BCUT2D eigenvalue weighted by atomic mass is 32.2. The van der Waals surface area contributed by atoms with Gasteiger partial charge in [-0.15, -0.1) is 11.8 Å². The molecule has 0 bridgehead atoms. The van der Waals surface area contributed by atoms with Gasteiger partial charge in [0.1, 0.15) is 0 Å². The van der Waals surface area contributed by atoms with E-state index >= 15 is 0 Å². The summed E-state index contributed by atoms with van der Waals surface area (Å²) in [6, 6.07) is 8.59. The first-order valence-corrected chi connectivity index (χ1v) is 7.99. The van der Waals surface area contributed by atoms with Gasteiger partial charge in [0, 0.05) is 10.9 Å². The van der Waals surface area contributed by atoms with Crippen molar-refractivity contribution in [3.8, 4) is 0 Å². The van der Waals surface area contributed by atoms with Gasteiger partial charge in [-0.3, -0.25) is 4.79 Å². The van der Waals surface area contributed by atoms with E-state index in [2.05, 4.69) is 38.2 Å². The number of rotatable bonds is 5. The molecule has 1 amide bonds. The van der Waals surface area contributed by atoms with Crippen molar-refractivity contribution in [1.82, 2.24) is 5.32 Å². The lowest BCUT2D eigenvalue weighted by atomic mass is 10.0. The Balaban J connectivity index is 1.82. The Kier molecular flexibility index (Phi) is 4.92. The minimum atomic E-state index is 0.0545. The van der Waals surface area contributed by atoms with Crippen molar-refractivity contribution in [2.45, 2.75) is 56.2 Å². The fraction of sp³-hybridized carbons (Fsp3) is 0.562. The van der Waals surface area contributed by atoms with Crippen LogP contribution in [0, 0.1) is 5.92 Å². The van der Waals surface area contributed by atoms with Crippen molar-refractivity contribution in [3.05, 3.63) is 29.8 Å². The Hall–Kier alpha value is -0.960. The number of hydrogen-bond donors (Lipinski definition) is 1. The van der Waals surface area contributed by atoms with Gasteiger partial charge in [-0.05, 0) is 43.7 Å². The summed E-state index contributed by atoms with van der Waals surface area (Å²) in [5, 5.41) is 3.21. The molecular weight excluding hydrogens is 254 g/mol. The monoisotopic (exact) mass is 277 g/mol. The predicted octanol–water partition coefficient (Wildman–Crippen LogP) is 3.64. The molecule has 1 aliphatic heterocycles. The summed E-state index contributed by atoms with van der Waals surface area (Å²) in [4.78, 5) is 13.5. The van der Waals surface area contributed by atoms with E-state index in [1.54, 1.807) is 11.8 Å². The van der Waals surface area contributed by atoms with Gasteiger partial charge in [0.05, 0.1) is 5.25 Å². The maximum Gasteiger partial charge on any atom is 0.234 e. The Bertz CT molecular complexity index is 419. The molecule has 0 aliphatic carbocycles. The van der Waals surface area contributed by atoms with Crippen LogP contribution in [0.1, 0.15) is 39.2 Å². The molecule has 0 saturated carbocycles. The van der Waals surface area contributed by atoms with Gasteiger partial charge in [0.25, 0.3) is 0 Å². The molecule has 2 unspecified atom stereocenters. The second-order valence-electron chi connectivity index (χ2n) is 5.80. The molecule has 2 rings (SSSR count). The summed E-state index contributed by atoms with van der Waals surface area (Å²) >= 11 is 1.70. The molecule has 2 nitrogen and oxygen atoms in total. The van der Waals surface area contributed by atoms with E-state index in [0.717, 1.165) is 12.8 Å². The van der Waals surface area contributed by atoms with Crippen LogP contribution in [0.4, 0.5) is 0 Å². The molecule has 0 spiro atoms. The van der Waals surface area contributed by atoms with Gasteiger partial charge < -0.3 is 5.32 Å². The first-order valence-electron chi connectivity index (χ1n) is 7.11. The van der Waals surface area contributed by atoms with Crippen LogP contribution in [-0.2, 0) is 11.2 Å². The molecule has 1 heterocycles. The average Bonchev–Trinajstić information content (AvgIpc) is 2.80. The third-order valence-electron chi connectivity index (χ3n) is 3.51. The van der Waals surface area contributed by atoms with Gasteiger partial charge in [-0.25, -0.2) is 0 Å². The number of carbonyl (C=O) groups excluding carboxylic acids is 1. The minimum Gasteiger partial charge on any atom is -0.353 e. The number of fused-ring (bicyclic) bond motifs is 1. The van der Waals surface area contributed by atoms with Crippen LogP contribution < -0.4 is 5.32 Å². The van der Waals surface area contributed by atoms with Crippen LogP contribution in [0.15, 0.2) is 29.2 Å². The second kappa shape index (κ2) is 6.47. The van der Waals surface area contributed by atoms with Gasteiger partial charge >= 0.3 is 0 Å². The first kappa shape index (κ1) is 14.4. The SMILES string of the molecule is CC(C)CCC(C)NC(=O)C1Cc2ccccc2S1. The summed E-state index contributed by atoms with van der Waals surface area (Å²) < 4.78 is 0. The molecule has 0 fully saturated rings. The number of thioether (sulfide) groups is 1. The van der Waals surface area contributed by atoms with Gasteiger partial charge in [0.15, 0.2) is 0 Å². The second-order valence-corrected chi connectivity index (χ2v) is 7.04. The normalized spacial score (nSPS) is 19.3. The lowest BCUT2D eigenvalue weighted by molar-refractivity contribution is -0.121. The Morgan fingerprint density at radius 2 is 2.05 bits per heavy atom. The van der Waals surface area contributed by atoms with E-state index < -0.39 is 0 Å². The van der Waals surface area contributed by atoms with E-state index in [1.165, 1.54) is 16.9 Å². The third kappa shape index (κ3) is 4.00. The molecule has 0 saturated heterocycles. The number of benzene rings is 1. The molecule has 0 radical (unpaired) electrons. The summed E-state index contributed by atoms with van der Waals surface area (Å²) in [5.74, 6) is 0.891. The zero-order valence-electron chi connectivity index (χ0n) is 12.0. The maximum atomic E-state index is 12.2. The van der Waals surface area contributed by atoms with Crippen molar-refractivity contribution in [3.63, 3.8) is 0 Å². The fourth-order valence-corrected chi connectivity index (χ4v) is 3.52. The predicted molar refractivity (Wildman–Crippen MR) is 81.5 cm³/mol. The fourth-order valence-electron chi connectivity index (χ4n) is 2.32. The summed E-state index contributed by atoms with van der Waals surface area (Å²) in [6.07, 6.45) is 3.09. The lowest BCUT2D eigenvalue weighted by Crippen LogP contribution is -2.38. The number of amides is 1. The van der Waals surface area contributed by atoms with Crippen LogP contribution in [-0.4, -0.2) is 17.2 Å². The van der Waals surface area contributed by atoms with Crippen LogP contribution in [0.2, 0.25) is 0 Å². The average molecular weight is 277 g/mol. The molecular formula is C16H23NOS. The Morgan fingerprint density at radius 1 is 1.32 bits per heavy atom. The van der Waals surface area contributed by atoms with Crippen molar-refractivity contribution in [2.75, 3.05) is 0 Å². The molecule has 19 heavy (non-hydrogen) atoms. The molecule has 1 N–H and O–H groups in total. The summed E-state index contributed by atoms with van der Waals surface area (Å²) in [7, 11) is 0. The maximum absolute atomic E-state index is 12.2. The highest BCUT2D eigenvalue weighted by Gasteiger charge is 2.28.